The summed E-state index contributed by atoms with van der Waals surface area (Å²) in [5.41, 5.74) is 1.82. The highest BCUT2D eigenvalue weighted by Gasteiger charge is 2.30. The molecule has 152 valence electrons. The quantitative estimate of drug-likeness (QED) is 0.589. The summed E-state index contributed by atoms with van der Waals surface area (Å²) in [7, 11) is -2.05. The van der Waals surface area contributed by atoms with Gasteiger partial charge in [-0.15, -0.1) is 11.3 Å². The van der Waals surface area contributed by atoms with Crippen LogP contribution in [0.2, 0.25) is 0 Å². The second-order valence-electron chi connectivity index (χ2n) is 6.69. The molecule has 1 heterocycles. The number of benzene rings is 2. The summed E-state index contributed by atoms with van der Waals surface area (Å²) < 4.78 is 31.6. The average molecular weight is 430 g/mol. The standard InChI is InChI=1S/C22H23NO4S2/c1-16-5-11-19(12-6-16)29(25,26)21(20-4-3-13-28-20)15-23-22(24)14-17-7-9-18(27-2)10-8-17/h3-13,21H,14-15H2,1-2H3,(H,23,24)/t21-/m0/s1. The zero-order valence-electron chi connectivity index (χ0n) is 16.3. The molecule has 0 spiro atoms. The van der Waals surface area contributed by atoms with Crippen LogP contribution in [0.3, 0.4) is 0 Å². The van der Waals surface area contributed by atoms with E-state index in [0.29, 0.717) is 4.88 Å². The number of carbonyl (C=O) groups is 1. The SMILES string of the molecule is COc1ccc(CC(=O)NC[C@@H](c2cccs2)S(=O)(=O)c2ccc(C)cc2)cc1. The maximum absolute atomic E-state index is 13.2. The monoisotopic (exact) mass is 429 g/mol. The van der Waals surface area contributed by atoms with Crippen molar-refractivity contribution in [3.63, 3.8) is 0 Å². The van der Waals surface area contributed by atoms with Crippen LogP contribution in [-0.2, 0) is 21.1 Å². The Labute approximate surface area is 175 Å². The van der Waals surface area contributed by atoms with Crippen LogP contribution in [0.1, 0.15) is 21.3 Å². The molecule has 0 aliphatic carbocycles. The van der Waals surface area contributed by atoms with Gasteiger partial charge >= 0.3 is 0 Å². The lowest BCUT2D eigenvalue weighted by Crippen LogP contribution is -2.32. The Hall–Kier alpha value is -2.64. The van der Waals surface area contributed by atoms with Gasteiger partial charge < -0.3 is 10.1 Å². The maximum Gasteiger partial charge on any atom is 0.224 e. The van der Waals surface area contributed by atoms with Gasteiger partial charge in [-0.1, -0.05) is 35.9 Å². The number of carbonyl (C=O) groups excluding carboxylic acids is 1. The Balaban J connectivity index is 1.74. The van der Waals surface area contributed by atoms with E-state index in [1.807, 2.05) is 30.5 Å². The number of aryl methyl sites for hydroxylation is 1. The Kier molecular flexibility index (Phi) is 6.71. The van der Waals surface area contributed by atoms with Crippen molar-refractivity contribution < 1.29 is 17.9 Å². The second-order valence-corrected chi connectivity index (χ2v) is 9.80. The molecule has 0 radical (unpaired) electrons. The van der Waals surface area contributed by atoms with Gasteiger partial charge in [0.25, 0.3) is 0 Å². The minimum atomic E-state index is -3.64. The van der Waals surface area contributed by atoms with E-state index in [0.717, 1.165) is 16.9 Å². The van der Waals surface area contributed by atoms with E-state index in [4.69, 9.17) is 4.74 Å². The Morgan fingerprint density at radius 1 is 1.07 bits per heavy atom. The van der Waals surface area contributed by atoms with Gasteiger partial charge in [-0.05, 0) is 48.2 Å². The Bertz CT molecular complexity index is 1040. The first kappa shape index (κ1) is 21.1. The van der Waals surface area contributed by atoms with Crippen LogP contribution in [0.5, 0.6) is 5.75 Å². The van der Waals surface area contributed by atoms with Crippen molar-refractivity contribution in [2.75, 3.05) is 13.7 Å². The molecule has 29 heavy (non-hydrogen) atoms. The molecule has 0 aliphatic heterocycles. The number of hydrogen-bond acceptors (Lipinski definition) is 5. The molecular formula is C22H23NO4S2. The molecule has 1 amide bonds. The van der Waals surface area contributed by atoms with Crippen LogP contribution in [0, 0.1) is 6.92 Å². The topological polar surface area (TPSA) is 72.5 Å². The molecular weight excluding hydrogens is 406 g/mol. The molecule has 0 fully saturated rings. The van der Waals surface area contributed by atoms with Crippen molar-refractivity contribution in [1.29, 1.82) is 0 Å². The molecule has 0 unspecified atom stereocenters. The third kappa shape index (κ3) is 5.25. The third-order valence-electron chi connectivity index (χ3n) is 4.59. The Morgan fingerprint density at radius 2 is 1.76 bits per heavy atom. The van der Waals surface area contributed by atoms with Crippen LogP contribution in [-0.4, -0.2) is 28.0 Å². The molecule has 1 aromatic heterocycles. The van der Waals surface area contributed by atoms with Crippen molar-refractivity contribution in [3.05, 3.63) is 82.0 Å². The molecule has 0 aliphatic rings. The minimum Gasteiger partial charge on any atom is -0.497 e. The third-order valence-corrected chi connectivity index (χ3v) is 7.83. The normalized spacial score (nSPS) is 12.3. The van der Waals surface area contributed by atoms with E-state index in [1.54, 1.807) is 49.6 Å². The summed E-state index contributed by atoms with van der Waals surface area (Å²) in [4.78, 5) is 13.4. The molecule has 5 nitrogen and oxygen atoms in total. The zero-order valence-corrected chi connectivity index (χ0v) is 17.9. The van der Waals surface area contributed by atoms with E-state index in [-0.39, 0.29) is 23.8 Å². The molecule has 0 saturated carbocycles. The highest BCUT2D eigenvalue weighted by atomic mass is 32.2. The maximum atomic E-state index is 13.2. The number of ether oxygens (including phenoxy) is 1. The van der Waals surface area contributed by atoms with E-state index in [2.05, 4.69) is 5.32 Å². The summed E-state index contributed by atoms with van der Waals surface area (Å²) in [5.74, 6) is 0.493. The van der Waals surface area contributed by atoms with Gasteiger partial charge in [-0.25, -0.2) is 8.42 Å². The summed E-state index contributed by atoms with van der Waals surface area (Å²) in [5, 5.41) is 3.80. The number of nitrogens with one attached hydrogen (secondary N) is 1. The first-order chi connectivity index (χ1) is 13.9. The van der Waals surface area contributed by atoms with Gasteiger partial charge in [0.15, 0.2) is 9.84 Å². The van der Waals surface area contributed by atoms with Crippen LogP contribution in [0.25, 0.3) is 0 Å². The van der Waals surface area contributed by atoms with Gasteiger partial charge in [0.1, 0.15) is 11.0 Å². The van der Waals surface area contributed by atoms with Crippen molar-refractivity contribution >= 4 is 27.1 Å². The van der Waals surface area contributed by atoms with Crippen molar-refractivity contribution in [1.82, 2.24) is 5.32 Å². The smallest absolute Gasteiger partial charge is 0.224 e. The minimum absolute atomic E-state index is 0.0196. The number of sulfone groups is 1. The fourth-order valence-electron chi connectivity index (χ4n) is 2.93. The second kappa shape index (κ2) is 9.24. The van der Waals surface area contributed by atoms with Crippen LogP contribution in [0.4, 0.5) is 0 Å². The lowest BCUT2D eigenvalue weighted by atomic mass is 10.1. The van der Waals surface area contributed by atoms with Gasteiger partial charge in [0.2, 0.25) is 5.91 Å². The van der Waals surface area contributed by atoms with E-state index in [9.17, 15) is 13.2 Å². The predicted octanol–water partition coefficient (Wildman–Crippen LogP) is 3.94. The molecule has 1 atom stereocenters. The van der Waals surface area contributed by atoms with E-state index >= 15 is 0 Å². The lowest BCUT2D eigenvalue weighted by Gasteiger charge is -2.18. The fourth-order valence-corrected chi connectivity index (χ4v) is 5.71. The first-order valence-electron chi connectivity index (χ1n) is 9.14. The first-order valence-corrected chi connectivity index (χ1v) is 11.6. The summed E-state index contributed by atoms with van der Waals surface area (Å²) in [6.45, 7) is 1.93. The summed E-state index contributed by atoms with van der Waals surface area (Å²) >= 11 is 1.37. The number of methoxy groups -OCH3 is 1. The average Bonchev–Trinajstić information content (AvgIpc) is 3.23. The molecule has 0 saturated heterocycles. The van der Waals surface area contributed by atoms with Gasteiger partial charge in [0, 0.05) is 11.4 Å². The number of rotatable bonds is 8. The summed E-state index contributed by atoms with van der Waals surface area (Å²) in [6.07, 6.45) is 0.172. The molecule has 2 aromatic carbocycles. The van der Waals surface area contributed by atoms with Crippen molar-refractivity contribution in [2.45, 2.75) is 23.5 Å². The number of hydrogen-bond donors (Lipinski definition) is 1. The summed E-state index contributed by atoms with van der Waals surface area (Å²) in [6, 6.07) is 17.6. The fraction of sp³-hybridized carbons (Fsp3) is 0.227. The largest absolute Gasteiger partial charge is 0.497 e. The molecule has 1 N–H and O–H groups in total. The van der Waals surface area contributed by atoms with Crippen LogP contribution in [0.15, 0.2) is 70.9 Å². The van der Waals surface area contributed by atoms with Crippen molar-refractivity contribution in [3.8, 4) is 5.75 Å². The molecule has 7 heteroatoms. The predicted molar refractivity (Wildman–Crippen MR) is 115 cm³/mol. The van der Waals surface area contributed by atoms with E-state index < -0.39 is 15.1 Å². The number of amides is 1. The molecule has 3 rings (SSSR count). The number of thiophene rings is 1. The molecule has 3 aromatic rings. The van der Waals surface area contributed by atoms with Gasteiger partial charge in [0.05, 0.1) is 18.4 Å². The zero-order chi connectivity index (χ0) is 20.9. The highest BCUT2D eigenvalue weighted by molar-refractivity contribution is 7.91. The highest BCUT2D eigenvalue weighted by Crippen LogP contribution is 2.31. The Morgan fingerprint density at radius 3 is 2.34 bits per heavy atom. The van der Waals surface area contributed by atoms with Crippen molar-refractivity contribution in [2.24, 2.45) is 0 Å². The van der Waals surface area contributed by atoms with Crippen LogP contribution >= 0.6 is 11.3 Å². The van der Waals surface area contributed by atoms with E-state index in [1.165, 1.54) is 11.3 Å². The van der Waals surface area contributed by atoms with Crippen LogP contribution < -0.4 is 10.1 Å². The van der Waals surface area contributed by atoms with Gasteiger partial charge in [-0.2, -0.15) is 0 Å². The lowest BCUT2D eigenvalue weighted by molar-refractivity contribution is -0.120. The van der Waals surface area contributed by atoms with Gasteiger partial charge in [-0.3, -0.25) is 4.79 Å². The molecule has 0 bridgehead atoms.